The summed E-state index contributed by atoms with van der Waals surface area (Å²) in [6.07, 6.45) is 0. The molecule has 198 valence electrons. The second-order valence-corrected chi connectivity index (χ2v) is 11.6. The summed E-state index contributed by atoms with van der Waals surface area (Å²) in [7, 11) is -4.07. The van der Waals surface area contributed by atoms with Gasteiger partial charge in [-0.25, -0.2) is 17.4 Å². The molecule has 1 fully saturated rings. The maximum Gasteiger partial charge on any atom is 0.270 e. The van der Waals surface area contributed by atoms with Gasteiger partial charge in [-0.2, -0.15) is 0 Å². The fraction of sp³-hybridized carbons (Fsp3) is 0.125. The van der Waals surface area contributed by atoms with Crippen LogP contribution in [0.4, 0.5) is 0 Å². The van der Waals surface area contributed by atoms with Crippen molar-refractivity contribution in [1.29, 1.82) is 0 Å². The number of hydrogen-bond acceptors (Lipinski definition) is 5. The van der Waals surface area contributed by atoms with E-state index >= 15 is 0 Å². The van der Waals surface area contributed by atoms with Crippen molar-refractivity contribution in [2.75, 3.05) is 26.3 Å². The van der Waals surface area contributed by atoms with E-state index in [1.807, 2.05) is 72.8 Å². The monoisotopic (exact) mass is 547 g/mol. The summed E-state index contributed by atoms with van der Waals surface area (Å²) >= 11 is 0. The standard InChI is InChI=1S/C32H25N3O4S/c36-32(34-16-18-39-19-17-34)25-13-15-30-29(21-25)33-31(28-11-5-9-23-7-3-4-10-27(23)28)35(30)40(37,38)26-14-12-22-6-1-2-8-24(22)20-26/h1-15,20-21H,16-19H2. The summed E-state index contributed by atoms with van der Waals surface area (Å²) in [6.45, 7) is 2.03. The molecule has 0 saturated carbocycles. The molecule has 0 atom stereocenters. The van der Waals surface area contributed by atoms with Crippen LogP contribution < -0.4 is 0 Å². The van der Waals surface area contributed by atoms with Crippen LogP contribution in [0.5, 0.6) is 0 Å². The van der Waals surface area contributed by atoms with Crippen molar-refractivity contribution in [3.63, 3.8) is 0 Å². The number of aromatic nitrogens is 2. The molecule has 40 heavy (non-hydrogen) atoms. The van der Waals surface area contributed by atoms with Crippen LogP contribution in [0.3, 0.4) is 0 Å². The highest BCUT2D eigenvalue weighted by Gasteiger charge is 2.27. The van der Waals surface area contributed by atoms with Gasteiger partial charge in [-0.1, -0.05) is 72.8 Å². The summed E-state index contributed by atoms with van der Waals surface area (Å²) < 4.78 is 35.5. The quantitative estimate of drug-likeness (QED) is 0.282. The van der Waals surface area contributed by atoms with Gasteiger partial charge in [-0.3, -0.25) is 4.79 Å². The van der Waals surface area contributed by atoms with Gasteiger partial charge in [0.15, 0.2) is 5.82 Å². The van der Waals surface area contributed by atoms with Gasteiger partial charge >= 0.3 is 0 Å². The van der Waals surface area contributed by atoms with E-state index in [1.54, 1.807) is 35.2 Å². The molecule has 1 aromatic heterocycles. The van der Waals surface area contributed by atoms with E-state index in [0.717, 1.165) is 21.5 Å². The van der Waals surface area contributed by atoms with Crippen LogP contribution in [-0.2, 0) is 14.8 Å². The summed E-state index contributed by atoms with van der Waals surface area (Å²) in [6, 6.07) is 31.5. The molecule has 0 unspecified atom stereocenters. The molecule has 5 aromatic carbocycles. The van der Waals surface area contributed by atoms with Crippen molar-refractivity contribution in [1.82, 2.24) is 13.9 Å². The molecule has 0 N–H and O–H groups in total. The SMILES string of the molecule is O=C(c1ccc2c(c1)nc(-c1cccc3ccccc13)n2S(=O)(=O)c1ccc2ccccc2c1)N1CCOCC1. The third kappa shape index (κ3) is 4.04. The summed E-state index contributed by atoms with van der Waals surface area (Å²) in [5.74, 6) is 0.180. The molecule has 7 nitrogen and oxygen atoms in total. The molecule has 6 aromatic rings. The maximum atomic E-state index is 14.4. The van der Waals surface area contributed by atoms with Crippen LogP contribution in [-0.4, -0.2) is 54.5 Å². The highest BCUT2D eigenvalue weighted by molar-refractivity contribution is 7.90. The topological polar surface area (TPSA) is 81.5 Å². The lowest BCUT2D eigenvalue weighted by molar-refractivity contribution is 0.0303. The number of fused-ring (bicyclic) bond motifs is 3. The van der Waals surface area contributed by atoms with Crippen molar-refractivity contribution >= 4 is 48.5 Å². The smallest absolute Gasteiger partial charge is 0.270 e. The Hall–Kier alpha value is -4.53. The molecule has 1 aliphatic heterocycles. The highest BCUT2D eigenvalue weighted by Crippen LogP contribution is 2.34. The summed E-state index contributed by atoms with van der Waals surface area (Å²) in [5.41, 5.74) is 2.01. The van der Waals surface area contributed by atoms with Gasteiger partial charge in [0, 0.05) is 24.2 Å². The van der Waals surface area contributed by atoms with Gasteiger partial charge in [-0.05, 0) is 51.9 Å². The first-order valence-electron chi connectivity index (χ1n) is 13.1. The van der Waals surface area contributed by atoms with Crippen LogP contribution in [0.25, 0.3) is 44.0 Å². The Morgan fingerprint density at radius 1 is 0.750 bits per heavy atom. The fourth-order valence-electron chi connectivity index (χ4n) is 5.41. The normalized spacial score (nSPS) is 14.2. The van der Waals surface area contributed by atoms with Crippen LogP contribution in [0.2, 0.25) is 0 Å². The van der Waals surface area contributed by atoms with Crippen molar-refractivity contribution in [3.8, 4) is 11.4 Å². The van der Waals surface area contributed by atoms with Crippen LogP contribution in [0, 0.1) is 0 Å². The summed E-state index contributed by atoms with van der Waals surface area (Å²) in [4.78, 5) is 20.0. The molecule has 0 bridgehead atoms. The van der Waals surface area contributed by atoms with Gasteiger partial charge in [0.05, 0.1) is 29.1 Å². The second kappa shape index (κ2) is 9.59. The number of morpholine rings is 1. The third-order valence-electron chi connectivity index (χ3n) is 7.45. The number of amides is 1. The zero-order valence-corrected chi connectivity index (χ0v) is 22.3. The number of benzene rings is 5. The Morgan fingerprint density at radius 2 is 1.48 bits per heavy atom. The molecular weight excluding hydrogens is 522 g/mol. The third-order valence-corrected chi connectivity index (χ3v) is 9.15. The van der Waals surface area contributed by atoms with E-state index in [0.29, 0.717) is 54.3 Å². The fourth-order valence-corrected chi connectivity index (χ4v) is 6.91. The number of hydrogen-bond donors (Lipinski definition) is 0. The molecular formula is C32H25N3O4S. The average Bonchev–Trinajstić information content (AvgIpc) is 3.40. The molecule has 8 heteroatoms. The molecule has 0 radical (unpaired) electrons. The van der Waals surface area contributed by atoms with Gasteiger partial charge in [-0.15, -0.1) is 0 Å². The number of rotatable bonds is 4. The minimum Gasteiger partial charge on any atom is -0.378 e. The highest BCUT2D eigenvalue weighted by atomic mass is 32.2. The zero-order valence-electron chi connectivity index (χ0n) is 21.5. The molecule has 1 aliphatic rings. The van der Waals surface area contributed by atoms with Crippen molar-refractivity contribution in [2.24, 2.45) is 0 Å². The van der Waals surface area contributed by atoms with Crippen molar-refractivity contribution in [3.05, 3.63) is 109 Å². The lowest BCUT2D eigenvalue weighted by Crippen LogP contribution is -2.40. The Labute approximate surface area is 231 Å². The maximum absolute atomic E-state index is 14.4. The van der Waals surface area contributed by atoms with E-state index in [2.05, 4.69) is 0 Å². The van der Waals surface area contributed by atoms with Crippen LogP contribution in [0.1, 0.15) is 10.4 Å². The lowest BCUT2D eigenvalue weighted by atomic mass is 10.0. The van der Waals surface area contributed by atoms with Gasteiger partial charge in [0.2, 0.25) is 0 Å². The van der Waals surface area contributed by atoms with Crippen LogP contribution in [0.15, 0.2) is 108 Å². The number of carbonyl (C=O) groups excluding carboxylic acids is 1. The number of carbonyl (C=O) groups is 1. The Morgan fingerprint density at radius 3 is 2.30 bits per heavy atom. The second-order valence-electron chi connectivity index (χ2n) is 9.85. The summed E-state index contributed by atoms with van der Waals surface area (Å²) in [5, 5.41) is 3.65. The van der Waals surface area contributed by atoms with Gasteiger partial charge < -0.3 is 9.64 Å². The molecule has 7 rings (SSSR count). The van der Waals surface area contributed by atoms with E-state index < -0.39 is 10.0 Å². The Bertz CT molecular complexity index is 2040. The largest absolute Gasteiger partial charge is 0.378 e. The van der Waals surface area contributed by atoms with E-state index in [4.69, 9.17) is 9.72 Å². The van der Waals surface area contributed by atoms with Gasteiger partial charge in [0.25, 0.3) is 15.9 Å². The Kier molecular flexibility index (Phi) is 5.87. The minimum atomic E-state index is -4.07. The van der Waals surface area contributed by atoms with Gasteiger partial charge in [0.1, 0.15) is 0 Å². The van der Waals surface area contributed by atoms with E-state index in [1.165, 1.54) is 3.97 Å². The number of ether oxygens (including phenoxy) is 1. The predicted molar refractivity (Wildman–Crippen MR) is 156 cm³/mol. The molecule has 2 heterocycles. The molecule has 1 saturated heterocycles. The predicted octanol–water partition coefficient (Wildman–Crippen LogP) is 5.72. The molecule has 1 amide bonds. The first kappa shape index (κ1) is 24.5. The number of nitrogens with zero attached hydrogens (tertiary/aromatic N) is 3. The van der Waals surface area contributed by atoms with E-state index in [-0.39, 0.29) is 10.8 Å². The average molecular weight is 548 g/mol. The lowest BCUT2D eigenvalue weighted by Gasteiger charge is -2.26. The van der Waals surface area contributed by atoms with Crippen molar-refractivity contribution in [2.45, 2.75) is 4.90 Å². The van der Waals surface area contributed by atoms with E-state index in [9.17, 15) is 13.2 Å². The Balaban J connectivity index is 1.46. The molecule has 0 aliphatic carbocycles. The minimum absolute atomic E-state index is 0.121. The first-order chi connectivity index (χ1) is 19.5. The molecule has 0 spiro atoms. The first-order valence-corrected chi connectivity index (χ1v) is 14.6. The van der Waals surface area contributed by atoms with Crippen molar-refractivity contribution < 1.29 is 17.9 Å². The number of imidazole rings is 1. The zero-order chi connectivity index (χ0) is 27.3. The van der Waals surface area contributed by atoms with Crippen LogP contribution >= 0.6 is 0 Å².